The third kappa shape index (κ3) is 2.64. The average molecular weight is 315 g/mol. The summed E-state index contributed by atoms with van der Waals surface area (Å²) in [5.74, 6) is -0.273. The zero-order chi connectivity index (χ0) is 13.3. The molecule has 1 aliphatic carbocycles. The van der Waals surface area contributed by atoms with Crippen LogP contribution in [0.3, 0.4) is 0 Å². The summed E-state index contributed by atoms with van der Waals surface area (Å²) in [5, 5.41) is 11.8. The fourth-order valence-electron chi connectivity index (χ4n) is 1.88. The molecule has 1 aromatic rings. The molecule has 5 nitrogen and oxygen atoms in total. The number of carbonyl (C=O) groups excluding carboxylic acids is 1. The van der Waals surface area contributed by atoms with Gasteiger partial charge in [-0.1, -0.05) is 0 Å². The predicted molar refractivity (Wildman–Crippen MR) is 70.5 cm³/mol. The van der Waals surface area contributed by atoms with Gasteiger partial charge in [-0.25, -0.2) is 0 Å². The lowest BCUT2D eigenvalue weighted by atomic mass is 10.1. The molecule has 0 saturated heterocycles. The smallest absolute Gasteiger partial charge is 0.253 e. The third-order valence-corrected chi connectivity index (χ3v) is 3.88. The molecule has 18 heavy (non-hydrogen) atoms. The molecule has 1 aliphatic rings. The number of aryl methyl sites for hydroxylation is 1. The molecule has 0 atom stereocenters. The summed E-state index contributed by atoms with van der Waals surface area (Å²) >= 11 is 3.28. The maximum Gasteiger partial charge on any atom is 0.253 e. The number of rotatable bonds is 4. The van der Waals surface area contributed by atoms with Crippen LogP contribution in [0.2, 0.25) is 0 Å². The summed E-state index contributed by atoms with van der Waals surface area (Å²) in [6.07, 6.45) is 3.88. The van der Waals surface area contributed by atoms with Crippen molar-refractivity contribution in [2.75, 3.05) is 6.61 Å². The second-order valence-corrected chi connectivity index (χ2v) is 5.55. The maximum absolute atomic E-state index is 12.1. The van der Waals surface area contributed by atoms with Crippen LogP contribution in [-0.2, 0) is 7.05 Å². The fourth-order valence-corrected chi connectivity index (χ4v) is 2.48. The quantitative estimate of drug-likeness (QED) is 0.863. The van der Waals surface area contributed by atoms with Crippen LogP contribution in [0.4, 0.5) is 0 Å². The number of carbonyl (C=O) groups is 1. The van der Waals surface area contributed by atoms with Gasteiger partial charge in [-0.2, -0.15) is 0 Å². The number of hydrogen-bond acceptors (Lipinski definition) is 3. The Labute approximate surface area is 113 Å². The minimum atomic E-state index is -0.273. The number of halogens is 1. The summed E-state index contributed by atoms with van der Waals surface area (Å²) in [4.78, 5) is 23.6. The Balaban J connectivity index is 2.19. The molecule has 0 radical (unpaired) electrons. The van der Waals surface area contributed by atoms with Gasteiger partial charge in [0.05, 0.1) is 5.56 Å². The van der Waals surface area contributed by atoms with Crippen molar-refractivity contribution in [2.24, 2.45) is 7.05 Å². The van der Waals surface area contributed by atoms with Crippen molar-refractivity contribution in [2.45, 2.75) is 24.8 Å². The van der Waals surface area contributed by atoms with Crippen molar-refractivity contribution in [1.29, 1.82) is 0 Å². The number of amides is 1. The molecule has 1 aromatic heterocycles. The van der Waals surface area contributed by atoms with Crippen LogP contribution in [0.25, 0.3) is 0 Å². The predicted octanol–water partition coefficient (Wildman–Crippen LogP) is 0.793. The summed E-state index contributed by atoms with van der Waals surface area (Å²) in [5.41, 5.74) is -0.163. The van der Waals surface area contributed by atoms with Gasteiger partial charge in [0.25, 0.3) is 11.5 Å². The first-order valence-corrected chi connectivity index (χ1v) is 6.56. The van der Waals surface area contributed by atoms with Gasteiger partial charge in [-0.05, 0) is 35.2 Å². The van der Waals surface area contributed by atoms with E-state index in [1.54, 1.807) is 13.2 Å². The highest BCUT2D eigenvalue weighted by atomic mass is 79.9. The minimum absolute atomic E-state index is 0.0536. The molecule has 98 valence electrons. The van der Waals surface area contributed by atoms with Crippen molar-refractivity contribution in [3.05, 3.63) is 32.7 Å². The van der Waals surface area contributed by atoms with Crippen LogP contribution in [-0.4, -0.2) is 27.7 Å². The highest BCUT2D eigenvalue weighted by Crippen LogP contribution is 2.38. The van der Waals surface area contributed by atoms with Crippen molar-refractivity contribution in [3.8, 4) is 0 Å². The zero-order valence-electron chi connectivity index (χ0n) is 10.1. The monoisotopic (exact) mass is 314 g/mol. The number of nitrogens with zero attached hydrogens (tertiary/aromatic N) is 1. The summed E-state index contributed by atoms with van der Waals surface area (Å²) in [7, 11) is 1.63. The lowest BCUT2D eigenvalue weighted by molar-refractivity contribution is 0.0922. The SMILES string of the molecule is Cn1cc(Br)c(C(=O)NC2(CCO)CC2)cc1=O. The molecule has 0 unspecified atom stereocenters. The van der Waals surface area contributed by atoms with Gasteiger partial charge in [0.1, 0.15) is 0 Å². The van der Waals surface area contributed by atoms with Crippen LogP contribution in [0, 0.1) is 0 Å². The van der Waals surface area contributed by atoms with Crippen molar-refractivity contribution >= 4 is 21.8 Å². The molecule has 0 aromatic carbocycles. The van der Waals surface area contributed by atoms with Gasteiger partial charge in [0, 0.05) is 35.9 Å². The van der Waals surface area contributed by atoms with Crippen LogP contribution in [0.15, 0.2) is 21.5 Å². The van der Waals surface area contributed by atoms with Gasteiger partial charge in [0.15, 0.2) is 0 Å². The molecule has 0 aliphatic heterocycles. The maximum atomic E-state index is 12.1. The molecule has 1 fully saturated rings. The molecule has 1 amide bonds. The topological polar surface area (TPSA) is 71.3 Å². The molecule has 1 saturated carbocycles. The summed E-state index contributed by atoms with van der Waals surface area (Å²) in [6.45, 7) is 0.0536. The van der Waals surface area contributed by atoms with E-state index in [1.165, 1.54) is 10.6 Å². The molecular formula is C12H15BrN2O3. The highest BCUT2D eigenvalue weighted by molar-refractivity contribution is 9.10. The lowest BCUT2D eigenvalue weighted by Crippen LogP contribution is -2.38. The fraction of sp³-hybridized carbons (Fsp3) is 0.500. The van der Waals surface area contributed by atoms with E-state index in [0.717, 1.165) is 12.8 Å². The zero-order valence-corrected chi connectivity index (χ0v) is 11.7. The Hall–Kier alpha value is -1.14. The Bertz CT molecular complexity index is 535. The second kappa shape index (κ2) is 4.85. The third-order valence-electron chi connectivity index (χ3n) is 3.25. The van der Waals surface area contributed by atoms with E-state index in [-0.39, 0.29) is 23.6 Å². The summed E-state index contributed by atoms with van der Waals surface area (Å²) in [6, 6.07) is 1.31. The number of aliphatic hydroxyl groups excluding tert-OH is 1. The normalized spacial score (nSPS) is 16.4. The number of aromatic nitrogens is 1. The van der Waals surface area contributed by atoms with Crippen molar-refractivity contribution in [3.63, 3.8) is 0 Å². The Morgan fingerprint density at radius 2 is 2.28 bits per heavy atom. The van der Waals surface area contributed by atoms with E-state index in [4.69, 9.17) is 5.11 Å². The largest absolute Gasteiger partial charge is 0.396 e. The first-order chi connectivity index (χ1) is 8.47. The highest BCUT2D eigenvalue weighted by Gasteiger charge is 2.43. The number of aliphatic hydroxyl groups is 1. The number of nitrogens with one attached hydrogen (secondary N) is 1. The van der Waals surface area contributed by atoms with E-state index in [2.05, 4.69) is 21.2 Å². The molecule has 0 bridgehead atoms. The van der Waals surface area contributed by atoms with Crippen LogP contribution in [0.5, 0.6) is 0 Å². The van der Waals surface area contributed by atoms with Crippen LogP contribution < -0.4 is 10.9 Å². The van der Waals surface area contributed by atoms with E-state index in [9.17, 15) is 9.59 Å². The molecule has 0 spiro atoms. The Kier molecular flexibility index (Phi) is 3.59. The van der Waals surface area contributed by atoms with Gasteiger partial charge in [-0.3, -0.25) is 9.59 Å². The average Bonchev–Trinajstić information content (AvgIpc) is 3.03. The van der Waals surface area contributed by atoms with Gasteiger partial charge >= 0.3 is 0 Å². The van der Waals surface area contributed by atoms with Gasteiger partial charge in [-0.15, -0.1) is 0 Å². The second-order valence-electron chi connectivity index (χ2n) is 4.69. The van der Waals surface area contributed by atoms with Crippen LogP contribution >= 0.6 is 15.9 Å². The molecule has 1 heterocycles. The summed E-state index contributed by atoms with van der Waals surface area (Å²) < 4.78 is 1.99. The van der Waals surface area contributed by atoms with Gasteiger partial charge < -0.3 is 15.0 Å². The van der Waals surface area contributed by atoms with E-state index < -0.39 is 0 Å². The Morgan fingerprint density at radius 1 is 1.61 bits per heavy atom. The number of pyridine rings is 1. The molecular weight excluding hydrogens is 300 g/mol. The van der Waals surface area contributed by atoms with Crippen LogP contribution in [0.1, 0.15) is 29.6 Å². The molecule has 2 rings (SSSR count). The first kappa shape index (κ1) is 13.3. The van der Waals surface area contributed by atoms with Crippen molar-refractivity contribution in [1.82, 2.24) is 9.88 Å². The van der Waals surface area contributed by atoms with Gasteiger partial charge in [0.2, 0.25) is 0 Å². The van der Waals surface area contributed by atoms with Crippen molar-refractivity contribution < 1.29 is 9.90 Å². The standard InChI is InChI=1S/C12H15BrN2O3/c1-15-7-9(13)8(6-10(15)17)11(18)14-12(2-3-12)4-5-16/h6-7,16H,2-5H2,1H3,(H,14,18). The van der Waals surface area contributed by atoms with E-state index in [0.29, 0.717) is 16.5 Å². The first-order valence-electron chi connectivity index (χ1n) is 5.77. The lowest BCUT2D eigenvalue weighted by Gasteiger charge is -2.16. The molecule has 6 heteroatoms. The minimum Gasteiger partial charge on any atom is -0.396 e. The van der Waals surface area contributed by atoms with E-state index >= 15 is 0 Å². The molecule has 2 N–H and O–H groups in total. The Morgan fingerprint density at radius 3 is 2.83 bits per heavy atom. The number of hydrogen-bond donors (Lipinski definition) is 2. The van der Waals surface area contributed by atoms with E-state index in [1.807, 2.05) is 0 Å².